The zero-order valence-electron chi connectivity index (χ0n) is 20.0. The van der Waals surface area contributed by atoms with Crippen LogP contribution in [-0.2, 0) is 14.6 Å². The van der Waals surface area contributed by atoms with E-state index in [1.165, 1.54) is 0 Å². The number of sulfone groups is 1. The number of rotatable bonds is 5. The van der Waals surface area contributed by atoms with Crippen LogP contribution in [-0.4, -0.2) is 50.9 Å². The first-order valence-electron chi connectivity index (χ1n) is 11.6. The van der Waals surface area contributed by atoms with Gasteiger partial charge >= 0.3 is 0 Å². The summed E-state index contributed by atoms with van der Waals surface area (Å²) in [5.74, 6) is -2.19. The number of hydrogen-bond donors (Lipinski definition) is 1. The fraction of sp³-hybridized carbons (Fsp3) is 0.308. The first-order chi connectivity index (χ1) is 17.2. The molecule has 3 aromatic rings. The summed E-state index contributed by atoms with van der Waals surface area (Å²) in [5.41, 5.74) is 2.97. The molecule has 36 heavy (non-hydrogen) atoms. The number of hydrogen-bond acceptors (Lipinski definition) is 7. The summed E-state index contributed by atoms with van der Waals surface area (Å²) in [6.07, 6.45) is 10.3. The summed E-state index contributed by atoms with van der Waals surface area (Å²) in [4.78, 5) is 11.3. The molecular weight excluding hydrogens is 486 g/mol. The average Bonchev–Trinajstić information content (AvgIpc) is 2.85. The quantitative estimate of drug-likeness (QED) is 0.493. The molecule has 1 N–H and O–H groups in total. The van der Waals surface area contributed by atoms with E-state index in [9.17, 15) is 12.8 Å². The first kappa shape index (κ1) is 24.3. The van der Waals surface area contributed by atoms with Gasteiger partial charge in [0.05, 0.1) is 70.1 Å². The number of aromatic nitrogens is 2. The highest BCUT2D eigenvalue weighted by Crippen LogP contribution is 2.40. The van der Waals surface area contributed by atoms with E-state index in [1.54, 1.807) is 31.5 Å². The largest absolute Gasteiger partial charge is 0.378 e. The van der Waals surface area contributed by atoms with E-state index < -0.39 is 27.4 Å². The number of ether oxygens (including phenoxy) is 1. The lowest BCUT2D eigenvalue weighted by Gasteiger charge is -2.29. The lowest BCUT2D eigenvalue weighted by molar-refractivity contribution is 0.122. The molecule has 188 valence electrons. The van der Waals surface area contributed by atoms with Crippen molar-refractivity contribution in [2.75, 3.05) is 42.8 Å². The van der Waals surface area contributed by atoms with Gasteiger partial charge in [0.15, 0.2) is 9.84 Å². The molecule has 5 rings (SSSR count). The smallest absolute Gasteiger partial charge is 0.172 e. The minimum absolute atomic E-state index is 0.0970. The number of pyridine rings is 2. The number of fused-ring (bicyclic) bond motifs is 1. The number of benzene rings is 1. The van der Waals surface area contributed by atoms with Crippen LogP contribution in [0, 0.1) is 18.6 Å². The van der Waals surface area contributed by atoms with E-state index in [0.717, 1.165) is 37.2 Å². The molecule has 1 aromatic carbocycles. The van der Waals surface area contributed by atoms with Gasteiger partial charge < -0.3 is 15.0 Å². The van der Waals surface area contributed by atoms with Crippen molar-refractivity contribution in [1.29, 1.82) is 0 Å². The van der Waals surface area contributed by atoms with Crippen molar-refractivity contribution in [1.82, 2.24) is 9.97 Å². The Morgan fingerprint density at radius 2 is 1.92 bits per heavy atom. The van der Waals surface area contributed by atoms with Gasteiger partial charge in [-0.2, -0.15) is 0 Å². The van der Waals surface area contributed by atoms with Crippen LogP contribution in [0.2, 0.25) is 0 Å². The maximum absolute atomic E-state index is 15.1. The zero-order chi connectivity index (χ0) is 25.4. The van der Waals surface area contributed by atoms with Crippen LogP contribution >= 0.6 is 0 Å². The molecule has 1 fully saturated rings. The van der Waals surface area contributed by atoms with Crippen LogP contribution in [0.1, 0.15) is 23.6 Å². The molecule has 0 amide bonds. The van der Waals surface area contributed by atoms with Crippen molar-refractivity contribution in [3.63, 3.8) is 0 Å². The number of halogens is 2. The summed E-state index contributed by atoms with van der Waals surface area (Å²) in [6, 6.07) is 3.89. The second-order valence-electron chi connectivity index (χ2n) is 8.96. The number of nitrogens with zero attached hydrogens (tertiary/aromatic N) is 3. The van der Waals surface area contributed by atoms with Crippen molar-refractivity contribution >= 4 is 37.8 Å². The third-order valence-electron chi connectivity index (χ3n) is 6.47. The molecule has 0 spiro atoms. The normalized spacial score (nSPS) is 18.4. The second-order valence-corrected chi connectivity index (χ2v) is 11.0. The number of morpholine rings is 1. The summed E-state index contributed by atoms with van der Waals surface area (Å²) < 4.78 is 59.8. The van der Waals surface area contributed by atoms with E-state index in [1.807, 2.05) is 12.1 Å². The molecule has 0 saturated carbocycles. The van der Waals surface area contributed by atoms with Crippen molar-refractivity contribution in [2.24, 2.45) is 0 Å². The monoisotopic (exact) mass is 512 g/mol. The number of anilines is 3. The van der Waals surface area contributed by atoms with E-state index in [2.05, 4.69) is 20.2 Å². The topological polar surface area (TPSA) is 84.4 Å². The highest BCUT2D eigenvalue weighted by molar-refractivity contribution is 7.94. The Morgan fingerprint density at radius 3 is 2.67 bits per heavy atom. The summed E-state index contributed by atoms with van der Waals surface area (Å²) >= 11 is 0. The van der Waals surface area contributed by atoms with Crippen LogP contribution < -0.4 is 10.2 Å². The van der Waals surface area contributed by atoms with E-state index in [0.29, 0.717) is 42.3 Å². The Morgan fingerprint density at radius 1 is 1.14 bits per heavy atom. The highest BCUT2D eigenvalue weighted by atomic mass is 32.2. The Labute approximate surface area is 208 Å². The predicted molar refractivity (Wildman–Crippen MR) is 136 cm³/mol. The molecule has 7 nitrogen and oxygen atoms in total. The van der Waals surface area contributed by atoms with Gasteiger partial charge in [-0.15, -0.1) is 0 Å². The molecule has 1 unspecified atom stereocenters. The van der Waals surface area contributed by atoms with Crippen LogP contribution in [0.4, 0.5) is 25.8 Å². The van der Waals surface area contributed by atoms with Crippen molar-refractivity contribution < 1.29 is 21.9 Å². The standard InChI is InChI=1S/C26H26F2N4O3S/c1-16-25(20-5-3-4-6-23(20)36(2,33)34)31-22-12-17(27)11-21(28)24(22)26(16)30-18-13-19(15-29-14-18)32-7-9-35-10-8-32/h3,5-6,11-15,20H,4,7-10H2,1-2H3,(H,30,31). The maximum Gasteiger partial charge on any atom is 0.172 e. The molecule has 10 heteroatoms. The molecule has 2 aliphatic rings. The molecular formula is C26H26F2N4O3S. The van der Waals surface area contributed by atoms with Gasteiger partial charge in [0.2, 0.25) is 0 Å². The molecule has 2 aromatic heterocycles. The van der Waals surface area contributed by atoms with Crippen LogP contribution in [0.25, 0.3) is 10.9 Å². The average molecular weight is 513 g/mol. The van der Waals surface area contributed by atoms with Gasteiger partial charge in [-0.1, -0.05) is 18.2 Å². The van der Waals surface area contributed by atoms with Crippen LogP contribution in [0.15, 0.2) is 53.7 Å². The SMILES string of the molecule is Cc1c(C2C=CCC=C2S(C)(=O)=O)nc2cc(F)cc(F)c2c1Nc1cncc(N2CCOCC2)c1. The van der Waals surface area contributed by atoms with Crippen LogP contribution in [0.3, 0.4) is 0 Å². The highest BCUT2D eigenvalue weighted by Gasteiger charge is 2.29. The summed E-state index contributed by atoms with van der Waals surface area (Å²) in [7, 11) is -3.52. The molecule has 1 aliphatic carbocycles. The Kier molecular flexibility index (Phi) is 6.48. The summed E-state index contributed by atoms with van der Waals surface area (Å²) in [5, 5.41) is 3.40. The fourth-order valence-electron chi connectivity index (χ4n) is 4.75. The number of allylic oxidation sites excluding steroid dienone is 4. The molecule has 0 bridgehead atoms. The van der Waals surface area contributed by atoms with Gasteiger partial charge in [0.25, 0.3) is 0 Å². The van der Waals surface area contributed by atoms with Crippen molar-refractivity contribution in [3.8, 4) is 0 Å². The summed E-state index contributed by atoms with van der Waals surface area (Å²) in [6.45, 7) is 4.46. The van der Waals surface area contributed by atoms with E-state index in [-0.39, 0.29) is 15.8 Å². The van der Waals surface area contributed by atoms with Crippen LogP contribution in [0.5, 0.6) is 0 Å². The molecule has 1 saturated heterocycles. The Balaban J connectivity index is 1.65. The molecule has 1 atom stereocenters. The molecule has 0 radical (unpaired) electrons. The molecule has 3 heterocycles. The minimum atomic E-state index is -3.52. The predicted octanol–water partition coefficient (Wildman–Crippen LogP) is 4.77. The third-order valence-corrected chi connectivity index (χ3v) is 7.74. The van der Waals surface area contributed by atoms with E-state index >= 15 is 4.39 Å². The zero-order valence-corrected chi connectivity index (χ0v) is 20.8. The Bertz CT molecular complexity index is 1500. The van der Waals surface area contributed by atoms with Gasteiger partial charge in [-0.05, 0) is 25.0 Å². The van der Waals surface area contributed by atoms with Gasteiger partial charge in [0.1, 0.15) is 11.6 Å². The molecule has 1 aliphatic heterocycles. The maximum atomic E-state index is 15.1. The fourth-order valence-corrected chi connectivity index (χ4v) is 5.80. The lowest BCUT2D eigenvalue weighted by Crippen LogP contribution is -2.36. The second kappa shape index (κ2) is 9.59. The van der Waals surface area contributed by atoms with Gasteiger partial charge in [-0.25, -0.2) is 17.2 Å². The minimum Gasteiger partial charge on any atom is -0.378 e. The van der Waals surface area contributed by atoms with E-state index in [4.69, 9.17) is 4.74 Å². The first-order valence-corrected chi connectivity index (χ1v) is 13.5. The third kappa shape index (κ3) is 4.70. The lowest BCUT2D eigenvalue weighted by atomic mass is 9.93. The van der Waals surface area contributed by atoms with Crippen molar-refractivity contribution in [2.45, 2.75) is 19.3 Å². The van der Waals surface area contributed by atoms with Gasteiger partial charge in [0, 0.05) is 31.5 Å². The Hall–Kier alpha value is -3.37. The van der Waals surface area contributed by atoms with Gasteiger partial charge in [-0.3, -0.25) is 9.97 Å². The van der Waals surface area contributed by atoms with Crippen molar-refractivity contribution in [3.05, 3.63) is 76.6 Å². The number of nitrogens with one attached hydrogen (secondary N) is 1.